The molecule has 0 bridgehead atoms. The number of pyridine rings is 1. The fraction of sp³-hybridized carbons (Fsp3) is 0.275. The molecule has 55 heavy (non-hydrogen) atoms. The molecule has 15 heteroatoms. The molecule has 9 nitrogen and oxygen atoms in total. The quantitative estimate of drug-likeness (QED) is 0.153. The van der Waals surface area contributed by atoms with Gasteiger partial charge < -0.3 is 5.11 Å². The van der Waals surface area contributed by atoms with Crippen LogP contribution < -0.4 is 10.3 Å². The number of aryl methyl sites for hydroxylation is 2. The van der Waals surface area contributed by atoms with Crippen molar-refractivity contribution in [1.82, 2.24) is 9.99 Å². The molecule has 1 saturated carbocycles. The highest BCUT2D eigenvalue weighted by atomic mass is 35.5. The molecule has 3 fully saturated rings. The Labute approximate surface area is 327 Å². The second-order valence-electron chi connectivity index (χ2n) is 14.4. The van der Waals surface area contributed by atoms with Gasteiger partial charge in [0.2, 0.25) is 11.8 Å². The number of amides is 4. The van der Waals surface area contributed by atoms with Gasteiger partial charge in [-0.1, -0.05) is 76.8 Å². The Morgan fingerprint density at radius 2 is 1.58 bits per heavy atom. The minimum absolute atomic E-state index is 0.00463. The summed E-state index contributed by atoms with van der Waals surface area (Å²) in [5.74, 6) is -7.17. The molecule has 4 aliphatic rings. The number of hydrazine groups is 1. The molecule has 2 aliphatic heterocycles. The lowest BCUT2D eigenvalue weighted by Gasteiger charge is -2.50. The fourth-order valence-corrected chi connectivity index (χ4v) is 9.50. The van der Waals surface area contributed by atoms with Crippen molar-refractivity contribution in [3.8, 4) is 5.75 Å². The van der Waals surface area contributed by atoms with Crippen LogP contribution >= 0.6 is 34.8 Å². The summed E-state index contributed by atoms with van der Waals surface area (Å²) in [5.41, 5.74) is 2.99. The zero-order valence-electron chi connectivity index (χ0n) is 29.0. The van der Waals surface area contributed by atoms with Crippen LogP contribution in [0.25, 0.3) is 0 Å². The zero-order chi connectivity index (χ0) is 39.3. The van der Waals surface area contributed by atoms with Crippen LogP contribution in [0, 0.1) is 37.5 Å². The average Bonchev–Trinajstić information content (AvgIpc) is 3.52. The van der Waals surface area contributed by atoms with Crippen molar-refractivity contribution in [3.63, 3.8) is 0 Å². The van der Waals surface area contributed by atoms with E-state index in [1.807, 2.05) is 6.08 Å². The molecule has 1 aromatic heterocycles. The zero-order valence-corrected chi connectivity index (χ0v) is 31.3. The molecule has 6 unspecified atom stereocenters. The van der Waals surface area contributed by atoms with E-state index in [-0.39, 0.29) is 24.4 Å². The monoisotopic (exact) mass is 808 g/mol. The van der Waals surface area contributed by atoms with Gasteiger partial charge in [0.05, 0.1) is 39.4 Å². The number of hydrogen-bond acceptors (Lipinski definition) is 7. The summed E-state index contributed by atoms with van der Waals surface area (Å²) in [7, 11) is 0. The molecule has 4 amide bonds. The van der Waals surface area contributed by atoms with E-state index >= 15 is 4.79 Å². The van der Waals surface area contributed by atoms with Crippen molar-refractivity contribution < 1.29 is 37.5 Å². The Balaban J connectivity index is 1.31. The molecule has 6 atom stereocenters. The smallest absolute Gasteiger partial charge is 0.417 e. The number of allylic oxidation sites excluding steroid dienone is 2. The Hall–Kier alpha value is -4.91. The highest BCUT2D eigenvalue weighted by molar-refractivity contribution is 6.33. The van der Waals surface area contributed by atoms with Crippen molar-refractivity contribution in [3.05, 3.63) is 127 Å². The Morgan fingerprint density at radius 1 is 0.855 bits per heavy atom. The number of alkyl halides is 3. The van der Waals surface area contributed by atoms with Crippen molar-refractivity contribution in [1.29, 1.82) is 0 Å². The second-order valence-corrected chi connectivity index (χ2v) is 15.7. The maximum Gasteiger partial charge on any atom is 0.417 e. The minimum Gasteiger partial charge on any atom is -0.508 e. The number of fused-ring (bicyclic) bond motifs is 4. The number of anilines is 2. The number of aromatic hydroxyl groups is 1. The van der Waals surface area contributed by atoms with Gasteiger partial charge in [0.15, 0.2) is 5.82 Å². The van der Waals surface area contributed by atoms with E-state index in [2.05, 4.69) is 10.4 Å². The van der Waals surface area contributed by atoms with E-state index in [4.69, 9.17) is 34.8 Å². The molecular formula is C40H30Cl3F3N4O5. The SMILES string of the molecule is Cc1cc(C2C3=CCC4C(=O)N(c5ccc(C)c(Cl)c5)C(=O)C4C3CC3C(=O)N(Nc4ncc(C(F)(F)F)cc4Cl)C(=O)C32c2ccc(Cl)cc2)ccc1O. The number of imide groups is 2. The normalized spacial score (nSPS) is 26.2. The summed E-state index contributed by atoms with van der Waals surface area (Å²) in [6.07, 6.45) is -2.20. The minimum atomic E-state index is -4.75. The summed E-state index contributed by atoms with van der Waals surface area (Å²) in [6.45, 7) is 3.49. The summed E-state index contributed by atoms with van der Waals surface area (Å²) in [6, 6.07) is 16.9. The first-order chi connectivity index (χ1) is 26.0. The van der Waals surface area contributed by atoms with Crippen LogP contribution in [0.1, 0.15) is 46.6 Å². The van der Waals surface area contributed by atoms with Gasteiger partial charge >= 0.3 is 6.18 Å². The molecule has 282 valence electrons. The summed E-state index contributed by atoms with van der Waals surface area (Å²) < 4.78 is 40.4. The number of carbonyl (C=O) groups excluding carboxylic acids is 4. The van der Waals surface area contributed by atoms with Crippen LogP contribution in [0.15, 0.2) is 84.6 Å². The number of carbonyl (C=O) groups is 4. The van der Waals surface area contributed by atoms with E-state index in [0.29, 0.717) is 50.3 Å². The van der Waals surface area contributed by atoms with Crippen molar-refractivity contribution >= 4 is 69.9 Å². The van der Waals surface area contributed by atoms with E-state index in [1.165, 1.54) is 6.07 Å². The number of rotatable bonds is 5. The number of nitrogens with one attached hydrogen (secondary N) is 1. The van der Waals surface area contributed by atoms with Crippen LogP contribution in [0.2, 0.25) is 15.1 Å². The predicted molar refractivity (Wildman–Crippen MR) is 198 cm³/mol. The van der Waals surface area contributed by atoms with Gasteiger partial charge in [0, 0.05) is 22.2 Å². The molecule has 2 N–H and O–H groups in total. The second kappa shape index (κ2) is 13.1. The van der Waals surface area contributed by atoms with E-state index in [1.54, 1.807) is 68.4 Å². The maximum atomic E-state index is 15.3. The largest absolute Gasteiger partial charge is 0.508 e. The number of phenols is 1. The van der Waals surface area contributed by atoms with Gasteiger partial charge in [-0.25, -0.2) is 9.88 Å². The number of halogens is 6. The van der Waals surface area contributed by atoms with Crippen LogP contribution in [0.3, 0.4) is 0 Å². The van der Waals surface area contributed by atoms with E-state index < -0.39 is 75.4 Å². The Bertz CT molecular complexity index is 2370. The third-order valence-corrected chi connectivity index (χ3v) is 12.5. The molecule has 3 aromatic carbocycles. The molecule has 2 aliphatic carbocycles. The topological polar surface area (TPSA) is 120 Å². The molecule has 0 radical (unpaired) electrons. The van der Waals surface area contributed by atoms with Crippen molar-refractivity contribution in [2.75, 3.05) is 10.3 Å². The number of benzene rings is 3. The van der Waals surface area contributed by atoms with Crippen LogP contribution in [-0.2, 0) is 30.8 Å². The lowest BCUT2D eigenvalue weighted by atomic mass is 9.49. The molecule has 8 rings (SSSR count). The first kappa shape index (κ1) is 37.0. The number of hydrogen-bond donors (Lipinski definition) is 2. The van der Waals surface area contributed by atoms with Gasteiger partial charge in [-0.3, -0.25) is 24.6 Å². The lowest BCUT2D eigenvalue weighted by Crippen LogP contribution is -2.53. The first-order valence-corrected chi connectivity index (χ1v) is 18.4. The van der Waals surface area contributed by atoms with E-state index in [9.17, 15) is 32.7 Å². The molecular weight excluding hydrogens is 780 g/mol. The van der Waals surface area contributed by atoms with Gasteiger partial charge in [-0.05, 0) is 91.3 Å². The number of nitrogens with zero attached hydrogens (tertiary/aromatic N) is 3. The third kappa shape index (κ3) is 5.63. The fourth-order valence-electron chi connectivity index (χ4n) is 8.99. The number of aromatic nitrogens is 1. The summed E-state index contributed by atoms with van der Waals surface area (Å²) in [5, 5.41) is 11.6. The third-order valence-electron chi connectivity index (χ3n) is 11.5. The van der Waals surface area contributed by atoms with E-state index in [0.717, 1.165) is 15.5 Å². The molecule has 2 saturated heterocycles. The highest BCUT2D eigenvalue weighted by Crippen LogP contribution is 2.64. The predicted octanol–water partition coefficient (Wildman–Crippen LogP) is 8.57. The maximum absolute atomic E-state index is 15.3. The highest BCUT2D eigenvalue weighted by Gasteiger charge is 2.70. The standard InChI is InChI=1S/C40H30Cl3F3N4O5/c1-18-3-9-24(15-29(18)42)49-35(52)26-11-10-25-27(32(26)37(49)54)16-28-36(53)50(48-34-30(43)14-22(17-47-34)40(44,45)46)38(55)39(28,21-5-7-23(41)8-6-21)33(25)20-4-12-31(51)19(2)13-20/h3-10,12-15,17,26-28,32-33,51H,11,16H2,1-2H3,(H,47,48). The summed E-state index contributed by atoms with van der Waals surface area (Å²) >= 11 is 19.0. The number of phenolic OH excluding ortho intramolecular Hbond substituents is 1. The van der Waals surface area contributed by atoms with Gasteiger partial charge in [-0.2, -0.15) is 18.2 Å². The first-order valence-electron chi connectivity index (χ1n) is 17.3. The van der Waals surface area contributed by atoms with Crippen LogP contribution in [0.4, 0.5) is 24.7 Å². The van der Waals surface area contributed by atoms with Crippen LogP contribution in [0.5, 0.6) is 5.75 Å². The Kier molecular flexibility index (Phi) is 8.82. The van der Waals surface area contributed by atoms with Gasteiger partial charge in [0.25, 0.3) is 11.8 Å². The van der Waals surface area contributed by atoms with Gasteiger partial charge in [-0.15, -0.1) is 0 Å². The van der Waals surface area contributed by atoms with Crippen molar-refractivity contribution in [2.24, 2.45) is 23.7 Å². The van der Waals surface area contributed by atoms with Crippen LogP contribution in [-0.4, -0.2) is 38.7 Å². The van der Waals surface area contributed by atoms with Gasteiger partial charge in [0.1, 0.15) is 5.75 Å². The molecule has 0 spiro atoms. The summed E-state index contributed by atoms with van der Waals surface area (Å²) in [4.78, 5) is 63.7. The van der Waals surface area contributed by atoms with Crippen molar-refractivity contribution in [2.45, 2.75) is 44.2 Å². The Morgan fingerprint density at radius 3 is 2.24 bits per heavy atom. The molecule has 3 heterocycles. The molecule has 4 aromatic rings. The average molecular weight is 810 g/mol. The lowest BCUT2D eigenvalue weighted by molar-refractivity contribution is -0.139.